The van der Waals surface area contributed by atoms with Crippen LogP contribution in [-0.4, -0.2) is 4.92 Å². The maximum atomic E-state index is 13.7. The normalized spacial score (nSPS) is 12.0. The van der Waals surface area contributed by atoms with Crippen LogP contribution in [-0.2, 0) is 0 Å². The summed E-state index contributed by atoms with van der Waals surface area (Å²) in [7, 11) is 0. The summed E-state index contributed by atoms with van der Waals surface area (Å²) >= 11 is 5.64. The molecule has 0 aliphatic heterocycles. The van der Waals surface area contributed by atoms with Crippen molar-refractivity contribution >= 4 is 23.0 Å². The van der Waals surface area contributed by atoms with E-state index in [1.165, 1.54) is 6.07 Å². The van der Waals surface area contributed by atoms with Crippen LogP contribution in [0.2, 0.25) is 5.02 Å². The minimum atomic E-state index is -0.882. The first-order chi connectivity index (χ1) is 9.90. The summed E-state index contributed by atoms with van der Waals surface area (Å²) in [4.78, 5) is 10.2. The molecule has 21 heavy (non-hydrogen) atoms. The lowest BCUT2D eigenvalue weighted by molar-refractivity contribution is -0.384. The summed E-state index contributed by atoms with van der Waals surface area (Å²) in [5, 5.41) is 13.5. The molecule has 2 rings (SSSR count). The maximum Gasteiger partial charge on any atom is 0.295 e. The van der Waals surface area contributed by atoms with Crippen LogP contribution in [0.3, 0.4) is 0 Å². The molecule has 1 atom stereocenters. The lowest BCUT2D eigenvalue weighted by Gasteiger charge is -2.16. The zero-order valence-corrected chi connectivity index (χ0v) is 11.7. The summed E-state index contributed by atoms with van der Waals surface area (Å²) < 4.78 is 27.0. The summed E-state index contributed by atoms with van der Waals surface area (Å²) in [6.07, 6.45) is 0. The Morgan fingerprint density at radius 1 is 1.24 bits per heavy atom. The van der Waals surface area contributed by atoms with Gasteiger partial charge >= 0.3 is 0 Å². The lowest BCUT2D eigenvalue weighted by Crippen LogP contribution is -2.10. The Labute approximate surface area is 124 Å². The summed E-state index contributed by atoms with van der Waals surface area (Å²) in [6.45, 7) is 1.64. The molecule has 0 radical (unpaired) electrons. The highest BCUT2D eigenvalue weighted by molar-refractivity contribution is 6.31. The summed E-state index contributed by atoms with van der Waals surface area (Å²) in [5.74, 6) is -1.32. The van der Waals surface area contributed by atoms with E-state index in [4.69, 9.17) is 11.6 Å². The van der Waals surface area contributed by atoms with E-state index in [-0.39, 0.29) is 10.7 Å². The van der Waals surface area contributed by atoms with Crippen molar-refractivity contribution in [1.29, 1.82) is 0 Å². The zero-order chi connectivity index (χ0) is 15.6. The van der Waals surface area contributed by atoms with Gasteiger partial charge in [0.2, 0.25) is 0 Å². The van der Waals surface area contributed by atoms with Crippen LogP contribution in [0.15, 0.2) is 36.4 Å². The molecule has 0 aliphatic rings. The standard InChI is InChI=1S/C14H11ClF2N2O2/c1-8(9-4-2-3-5-11(9)16)18-13-6-10(15)12(17)7-14(13)19(20)21/h2-8,18H,1H3. The summed E-state index contributed by atoms with van der Waals surface area (Å²) in [6, 6.07) is 7.35. The molecule has 1 unspecified atom stereocenters. The molecule has 110 valence electrons. The molecule has 0 saturated heterocycles. The van der Waals surface area contributed by atoms with E-state index in [1.54, 1.807) is 25.1 Å². The van der Waals surface area contributed by atoms with Crippen molar-refractivity contribution in [2.45, 2.75) is 13.0 Å². The van der Waals surface area contributed by atoms with Gasteiger partial charge in [-0.15, -0.1) is 0 Å². The average molecular weight is 313 g/mol. The van der Waals surface area contributed by atoms with Crippen molar-refractivity contribution in [3.05, 3.63) is 68.7 Å². The molecule has 2 aromatic carbocycles. The molecule has 4 nitrogen and oxygen atoms in total. The van der Waals surface area contributed by atoms with Gasteiger partial charge in [0.15, 0.2) is 0 Å². The predicted octanol–water partition coefficient (Wildman–Crippen LogP) is 4.70. The van der Waals surface area contributed by atoms with Gasteiger partial charge in [0.05, 0.1) is 22.1 Å². The molecule has 0 bridgehead atoms. The predicted molar refractivity (Wildman–Crippen MR) is 76.5 cm³/mol. The van der Waals surface area contributed by atoms with Crippen LogP contribution in [0.5, 0.6) is 0 Å². The number of rotatable bonds is 4. The number of nitrogens with one attached hydrogen (secondary N) is 1. The van der Waals surface area contributed by atoms with Gasteiger partial charge in [0.25, 0.3) is 5.69 Å². The third-order valence-corrected chi connectivity index (χ3v) is 3.27. The van der Waals surface area contributed by atoms with Gasteiger partial charge in [-0.3, -0.25) is 10.1 Å². The molecule has 1 N–H and O–H groups in total. The third-order valence-electron chi connectivity index (χ3n) is 2.98. The molecule has 0 spiro atoms. The van der Waals surface area contributed by atoms with E-state index in [9.17, 15) is 18.9 Å². The SMILES string of the molecule is CC(Nc1cc(Cl)c(F)cc1[N+](=O)[O-])c1ccccc1F. The fourth-order valence-corrected chi connectivity index (χ4v) is 2.10. The van der Waals surface area contributed by atoms with Crippen molar-refractivity contribution in [3.63, 3.8) is 0 Å². The number of nitrogens with zero attached hydrogens (tertiary/aromatic N) is 1. The Bertz CT molecular complexity index is 695. The number of nitro benzene ring substituents is 1. The van der Waals surface area contributed by atoms with E-state index in [2.05, 4.69) is 5.32 Å². The lowest BCUT2D eigenvalue weighted by atomic mass is 10.1. The minimum absolute atomic E-state index is 0.0298. The fraction of sp³-hybridized carbons (Fsp3) is 0.143. The highest BCUT2D eigenvalue weighted by Gasteiger charge is 2.20. The van der Waals surface area contributed by atoms with Gasteiger partial charge in [-0.2, -0.15) is 0 Å². The van der Waals surface area contributed by atoms with Gasteiger partial charge in [-0.25, -0.2) is 8.78 Å². The fourth-order valence-electron chi connectivity index (χ4n) is 1.94. The number of nitro groups is 1. The summed E-state index contributed by atoms with van der Waals surface area (Å²) in [5.41, 5.74) is -0.0884. The van der Waals surface area contributed by atoms with Crippen molar-refractivity contribution in [1.82, 2.24) is 0 Å². The van der Waals surface area contributed by atoms with Crippen LogP contribution in [0.25, 0.3) is 0 Å². The van der Waals surface area contributed by atoms with Crippen LogP contribution >= 0.6 is 11.6 Å². The van der Waals surface area contributed by atoms with Crippen LogP contribution in [0, 0.1) is 21.7 Å². The zero-order valence-electron chi connectivity index (χ0n) is 10.9. The number of hydrogen-bond donors (Lipinski definition) is 1. The molecule has 0 heterocycles. The second kappa shape index (κ2) is 6.05. The topological polar surface area (TPSA) is 55.2 Å². The number of hydrogen-bond acceptors (Lipinski definition) is 3. The van der Waals surface area contributed by atoms with E-state index in [1.807, 2.05) is 0 Å². The second-order valence-corrected chi connectivity index (χ2v) is 4.84. The Balaban J connectivity index is 2.37. The van der Waals surface area contributed by atoms with Crippen molar-refractivity contribution in [3.8, 4) is 0 Å². The van der Waals surface area contributed by atoms with Crippen molar-refractivity contribution < 1.29 is 13.7 Å². The Hall–Kier alpha value is -2.21. The van der Waals surface area contributed by atoms with Crippen LogP contribution in [0.4, 0.5) is 20.2 Å². The smallest absolute Gasteiger partial charge is 0.295 e. The Morgan fingerprint density at radius 2 is 1.90 bits per heavy atom. The van der Waals surface area contributed by atoms with Gasteiger partial charge in [0, 0.05) is 5.56 Å². The molecule has 0 aromatic heterocycles. The van der Waals surface area contributed by atoms with Gasteiger partial charge in [-0.1, -0.05) is 29.8 Å². The van der Waals surface area contributed by atoms with E-state index < -0.39 is 28.3 Å². The molecule has 0 amide bonds. The molecule has 0 saturated carbocycles. The monoisotopic (exact) mass is 312 g/mol. The Morgan fingerprint density at radius 3 is 2.52 bits per heavy atom. The largest absolute Gasteiger partial charge is 0.373 e. The first-order valence-corrected chi connectivity index (χ1v) is 6.42. The Kier molecular flexibility index (Phi) is 4.37. The second-order valence-electron chi connectivity index (χ2n) is 4.43. The van der Waals surface area contributed by atoms with Gasteiger partial charge < -0.3 is 5.32 Å². The average Bonchev–Trinajstić information content (AvgIpc) is 2.42. The first kappa shape index (κ1) is 15.2. The highest BCUT2D eigenvalue weighted by Crippen LogP contribution is 2.33. The molecule has 0 fully saturated rings. The van der Waals surface area contributed by atoms with E-state index in [0.29, 0.717) is 5.56 Å². The number of benzene rings is 2. The quantitative estimate of drug-likeness (QED) is 0.657. The van der Waals surface area contributed by atoms with Crippen LogP contribution < -0.4 is 5.32 Å². The first-order valence-electron chi connectivity index (χ1n) is 6.04. The third kappa shape index (κ3) is 3.28. The number of halogens is 3. The van der Waals surface area contributed by atoms with Gasteiger partial charge in [-0.05, 0) is 19.1 Å². The maximum absolute atomic E-state index is 13.7. The molecular formula is C14H11ClF2N2O2. The van der Waals surface area contributed by atoms with Crippen molar-refractivity contribution in [2.75, 3.05) is 5.32 Å². The molecular weight excluding hydrogens is 302 g/mol. The molecule has 0 aliphatic carbocycles. The highest BCUT2D eigenvalue weighted by atomic mass is 35.5. The van der Waals surface area contributed by atoms with Crippen LogP contribution in [0.1, 0.15) is 18.5 Å². The van der Waals surface area contributed by atoms with Crippen molar-refractivity contribution in [2.24, 2.45) is 0 Å². The number of anilines is 1. The minimum Gasteiger partial charge on any atom is -0.373 e. The van der Waals surface area contributed by atoms with E-state index >= 15 is 0 Å². The molecule has 2 aromatic rings. The molecule has 7 heteroatoms. The van der Waals surface area contributed by atoms with E-state index in [0.717, 1.165) is 12.1 Å². The van der Waals surface area contributed by atoms with Gasteiger partial charge in [0.1, 0.15) is 17.3 Å².